The van der Waals surface area contributed by atoms with Crippen LogP contribution in [0.5, 0.6) is 5.75 Å². The molecule has 5 rings (SSSR count). The van der Waals surface area contributed by atoms with E-state index >= 15 is 0 Å². The summed E-state index contributed by atoms with van der Waals surface area (Å²) in [7, 11) is 0. The fourth-order valence-electron chi connectivity index (χ4n) is 4.20. The molecule has 0 radical (unpaired) electrons. The van der Waals surface area contributed by atoms with Gasteiger partial charge < -0.3 is 24.3 Å². The standard InChI is InChI=1S/C21H23FN6O3/c22-14-1-3-16(4-2-14)30-10-17-9-28(18(29)11-31-17)15-5-7-27(8-6-15)21-19-20(24-12-23-19)25-13-26-21/h1-4,12-13,15,17H,5-11H2,(H,23,24,25,26). The van der Waals surface area contributed by atoms with Gasteiger partial charge in [0.2, 0.25) is 5.91 Å². The Bertz CT molecular complexity index is 1050. The first-order valence-corrected chi connectivity index (χ1v) is 10.4. The first kappa shape index (κ1) is 19.7. The number of ether oxygens (including phenoxy) is 2. The second-order valence-corrected chi connectivity index (χ2v) is 7.76. The fourth-order valence-corrected chi connectivity index (χ4v) is 4.20. The maximum Gasteiger partial charge on any atom is 0.248 e. The Morgan fingerprint density at radius 1 is 1.16 bits per heavy atom. The molecule has 1 atom stereocenters. The van der Waals surface area contributed by atoms with Gasteiger partial charge in [0.1, 0.15) is 42.7 Å². The monoisotopic (exact) mass is 426 g/mol. The SMILES string of the molecule is O=C1COC(COc2ccc(F)cc2)CN1C1CCN(c2ncnc3nc[nH]c23)CC1. The van der Waals surface area contributed by atoms with Crippen LogP contribution in [0.15, 0.2) is 36.9 Å². The van der Waals surface area contributed by atoms with Gasteiger partial charge in [-0.1, -0.05) is 0 Å². The van der Waals surface area contributed by atoms with Gasteiger partial charge in [0.05, 0.1) is 12.9 Å². The second kappa shape index (κ2) is 8.46. The fraction of sp³-hybridized carbons (Fsp3) is 0.429. The molecule has 0 aliphatic carbocycles. The molecule has 1 N–H and O–H groups in total. The van der Waals surface area contributed by atoms with E-state index in [4.69, 9.17) is 9.47 Å². The van der Waals surface area contributed by atoms with E-state index < -0.39 is 0 Å². The summed E-state index contributed by atoms with van der Waals surface area (Å²) < 4.78 is 24.4. The molecule has 0 saturated carbocycles. The zero-order chi connectivity index (χ0) is 21.2. The number of fused-ring (bicyclic) bond motifs is 1. The Morgan fingerprint density at radius 3 is 2.77 bits per heavy atom. The van der Waals surface area contributed by atoms with Gasteiger partial charge >= 0.3 is 0 Å². The van der Waals surface area contributed by atoms with E-state index in [2.05, 4.69) is 24.8 Å². The van der Waals surface area contributed by atoms with Crippen LogP contribution in [0, 0.1) is 5.82 Å². The third kappa shape index (κ3) is 4.15. The van der Waals surface area contributed by atoms with E-state index in [0.717, 1.165) is 37.3 Å². The molecule has 3 aromatic rings. The molecule has 0 bridgehead atoms. The highest BCUT2D eigenvalue weighted by Gasteiger charge is 2.34. The number of H-pyrrole nitrogens is 1. The number of hydrogen-bond donors (Lipinski definition) is 1. The highest BCUT2D eigenvalue weighted by Crippen LogP contribution is 2.26. The predicted octanol–water partition coefficient (Wildman–Crippen LogP) is 1.77. The number of hydrogen-bond acceptors (Lipinski definition) is 7. The average Bonchev–Trinajstić information content (AvgIpc) is 3.29. The lowest BCUT2D eigenvalue weighted by Gasteiger charge is -2.42. The summed E-state index contributed by atoms with van der Waals surface area (Å²) in [6.45, 7) is 2.43. The van der Waals surface area contributed by atoms with Crippen LogP contribution in [0.2, 0.25) is 0 Å². The number of benzene rings is 1. The van der Waals surface area contributed by atoms with Gasteiger partial charge in [-0.15, -0.1) is 0 Å². The number of rotatable bonds is 5. The van der Waals surface area contributed by atoms with Gasteiger partial charge in [0, 0.05) is 19.1 Å². The molecule has 1 aromatic carbocycles. The second-order valence-electron chi connectivity index (χ2n) is 7.76. The first-order chi connectivity index (χ1) is 15.2. The maximum atomic E-state index is 13.0. The molecule has 1 unspecified atom stereocenters. The number of nitrogens with one attached hydrogen (secondary N) is 1. The number of nitrogens with zero attached hydrogens (tertiary/aromatic N) is 5. The molecule has 2 aromatic heterocycles. The molecular formula is C21H23FN6O3. The summed E-state index contributed by atoms with van der Waals surface area (Å²) in [5, 5.41) is 0. The Hall–Kier alpha value is -3.27. The summed E-state index contributed by atoms with van der Waals surface area (Å²) in [4.78, 5) is 32.5. The van der Waals surface area contributed by atoms with E-state index in [1.165, 1.54) is 18.5 Å². The number of aromatic amines is 1. The molecule has 10 heteroatoms. The van der Waals surface area contributed by atoms with Crippen molar-refractivity contribution in [1.82, 2.24) is 24.8 Å². The Morgan fingerprint density at radius 2 is 1.97 bits per heavy atom. The summed E-state index contributed by atoms with van der Waals surface area (Å²) in [6.07, 6.45) is 4.62. The van der Waals surface area contributed by atoms with Crippen LogP contribution in [-0.4, -0.2) is 75.7 Å². The van der Waals surface area contributed by atoms with Crippen molar-refractivity contribution in [3.63, 3.8) is 0 Å². The van der Waals surface area contributed by atoms with Crippen LogP contribution in [0.25, 0.3) is 11.2 Å². The molecular weight excluding hydrogens is 403 g/mol. The van der Waals surface area contributed by atoms with Gasteiger partial charge in [0.25, 0.3) is 0 Å². The molecule has 4 heterocycles. The van der Waals surface area contributed by atoms with Crippen LogP contribution in [0.1, 0.15) is 12.8 Å². The van der Waals surface area contributed by atoms with Gasteiger partial charge in [-0.25, -0.2) is 19.3 Å². The molecule has 9 nitrogen and oxygen atoms in total. The number of anilines is 1. The lowest BCUT2D eigenvalue weighted by Crippen LogP contribution is -2.55. The molecule has 1 amide bonds. The van der Waals surface area contributed by atoms with Crippen molar-refractivity contribution < 1.29 is 18.7 Å². The number of morpholine rings is 1. The lowest BCUT2D eigenvalue weighted by molar-refractivity contribution is -0.154. The average molecular weight is 426 g/mol. The minimum absolute atomic E-state index is 0.00877. The molecule has 2 saturated heterocycles. The number of carbonyl (C=O) groups excluding carboxylic acids is 1. The van der Waals surface area contributed by atoms with Crippen LogP contribution in [-0.2, 0) is 9.53 Å². The lowest BCUT2D eigenvalue weighted by atomic mass is 10.0. The van der Waals surface area contributed by atoms with Crippen molar-refractivity contribution in [3.05, 3.63) is 42.7 Å². The number of piperidine rings is 1. The van der Waals surface area contributed by atoms with E-state index in [-0.39, 0.29) is 30.5 Å². The molecule has 2 fully saturated rings. The minimum Gasteiger partial charge on any atom is -0.491 e. The Balaban J connectivity index is 1.18. The summed E-state index contributed by atoms with van der Waals surface area (Å²) in [5.41, 5.74) is 1.49. The number of carbonyl (C=O) groups is 1. The number of amides is 1. The van der Waals surface area contributed by atoms with E-state index in [9.17, 15) is 9.18 Å². The molecule has 31 heavy (non-hydrogen) atoms. The molecule has 162 valence electrons. The quantitative estimate of drug-likeness (QED) is 0.664. The minimum atomic E-state index is -0.306. The molecule has 2 aliphatic rings. The van der Waals surface area contributed by atoms with Crippen LogP contribution in [0.3, 0.4) is 0 Å². The topological polar surface area (TPSA) is 96.5 Å². The number of halogens is 1. The van der Waals surface area contributed by atoms with Gasteiger partial charge in [-0.05, 0) is 37.1 Å². The van der Waals surface area contributed by atoms with E-state index in [1.807, 2.05) is 4.90 Å². The zero-order valence-electron chi connectivity index (χ0n) is 16.9. The third-order valence-electron chi connectivity index (χ3n) is 5.82. The highest BCUT2D eigenvalue weighted by atomic mass is 19.1. The smallest absolute Gasteiger partial charge is 0.248 e. The van der Waals surface area contributed by atoms with Gasteiger partial charge in [-0.3, -0.25) is 4.79 Å². The van der Waals surface area contributed by atoms with Crippen molar-refractivity contribution in [3.8, 4) is 5.75 Å². The molecule has 2 aliphatic heterocycles. The van der Waals surface area contributed by atoms with Crippen LogP contribution >= 0.6 is 0 Å². The molecule has 0 spiro atoms. The summed E-state index contributed by atoms with van der Waals surface area (Å²) in [5.74, 6) is 1.13. The van der Waals surface area contributed by atoms with Crippen molar-refractivity contribution in [2.75, 3.05) is 37.7 Å². The third-order valence-corrected chi connectivity index (χ3v) is 5.82. The Kier molecular flexibility index (Phi) is 5.37. The zero-order valence-corrected chi connectivity index (χ0v) is 16.9. The van der Waals surface area contributed by atoms with Crippen molar-refractivity contribution in [2.24, 2.45) is 0 Å². The van der Waals surface area contributed by atoms with Gasteiger partial charge in [0.15, 0.2) is 11.5 Å². The largest absolute Gasteiger partial charge is 0.491 e. The maximum absolute atomic E-state index is 13.0. The van der Waals surface area contributed by atoms with Crippen LogP contribution in [0.4, 0.5) is 10.2 Å². The number of aromatic nitrogens is 4. The van der Waals surface area contributed by atoms with E-state index in [1.54, 1.807) is 18.5 Å². The highest BCUT2D eigenvalue weighted by molar-refractivity contribution is 5.82. The first-order valence-electron chi connectivity index (χ1n) is 10.4. The summed E-state index contributed by atoms with van der Waals surface area (Å²) >= 11 is 0. The number of imidazole rings is 1. The van der Waals surface area contributed by atoms with Crippen LogP contribution < -0.4 is 9.64 Å². The van der Waals surface area contributed by atoms with Crippen molar-refractivity contribution in [2.45, 2.75) is 25.0 Å². The predicted molar refractivity (Wildman–Crippen MR) is 110 cm³/mol. The van der Waals surface area contributed by atoms with Crippen molar-refractivity contribution >= 4 is 22.9 Å². The normalized spacial score (nSPS) is 20.4. The summed E-state index contributed by atoms with van der Waals surface area (Å²) in [6, 6.07) is 6.03. The van der Waals surface area contributed by atoms with Gasteiger partial charge in [-0.2, -0.15) is 0 Å². The Labute approximate surface area is 178 Å². The van der Waals surface area contributed by atoms with E-state index in [0.29, 0.717) is 24.5 Å². The van der Waals surface area contributed by atoms with Crippen molar-refractivity contribution in [1.29, 1.82) is 0 Å².